The molecule has 4 heteroatoms. The highest BCUT2D eigenvalue weighted by atomic mass is 16.5. The van der Waals surface area contributed by atoms with Crippen LogP contribution in [0.5, 0.6) is 0 Å². The summed E-state index contributed by atoms with van der Waals surface area (Å²) in [6.45, 7) is 6.11. The Bertz CT molecular complexity index is 245. The van der Waals surface area contributed by atoms with E-state index in [1.165, 1.54) is 6.08 Å². The van der Waals surface area contributed by atoms with Gasteiger partial charge in [0.2, 0.25) is 0 Å². The minimum absolute atomic E-state index is 0.196. The number of ether oxygens (including phenoxy) is 1. The lowest BCUT2D eigenvalue weighted by atomic mass is 9.79. The quantitative estimate of drug-likeness (QED) is 0.720. The highest BCUT2D eigenvalue weighted by Gasteiger charge is 2.32. The monoisotopic (exact) mass is 227 g/mol. The van der Waals surface area contributed by atoms with Crippen LogP contribution in [-0.2, 0) is 4.74 Å². The topological polar surface area (TPSA) is 58.6 Å². The molecule has 0 heterocycles. The molecule has 0 unspecified atom stereocenters. The van der Waals surface area contributed by atoms with E-state index in [4.69, 9.17) is 4.74 Å². The maximum atomic E-state index is 11.2. The normalized spacial score (nSPS) is 29.5. The molecule has 4 nitrogen and oxygen atoms in total. The zero-order valence-corrected chi connectivity index (χ0v) is 9.87. The third-order valence-corrected chi connectivity index (χ3v) is 3.10. The summed E-state index contributed by atoms with van der Waals surface area (Å²) in [6.07, 6.45) is 4.54. The van der Waals surface area contributed by atoms with Crippen LogP contribution in [0, 0.1) is 5.92 Å². The van der Waals surface area contributed by atoms with Gasteiger partial charge in [-0.25, -0.2) is 4.79 Å². The zero-order valence-electron chi connectivity index (χ0n) is 9.87. The van der Waals surface area contributed by atoms with Gasteiger partial charge in [0.15, 0.2) is 0 Å². The molecule has 0 radical (unpaired) electrons. The Balaban J connectivity index is 2.25. The molecule has 0 aromatic rings. The summed E-state index contributed by atoms with van der Waals surface area (Å²) < 4.78 is 4.77. The molecule has 1 rings (SSSR count). The number of hydrogen-bond acceptors (Lipinski definition) is 3. The molecule has 0 spiro atoms. The van der Waals surface area contributed by atoms with Crippen LogP contribution in [0.3, 0.4) is 0 Å². The van der Waals surface area contributed by atoms with E-state index in [0.29, 0.717) is 5.92 Å². The van der Waals surface area contributed by atoms with Gasteiger partial charge in [-0.3, -0.25) is 0 Å². The Labute approximate surface area is 96.7 Å². The SMILES string of the molecule is C=CCOC(=O)NCC1(O)CCC(C)CC1. The molecule has 0 saturated heterocycles. The maximum absolute atomic E-state index is 11.2. The summed E-state index contributed by atoms with van der Waals surface area (Å²) >= 11 is 0. The van der Waals surface area contributed by atoms with Gasteiger partial charge in [-0.15, -0.1) is 0 Å². The molecule has 16 heavy (non-hydrogen) atoms. The van der Waals surface area contributed by atoms with Gasteiger partial charge in [-0.05, 0) is 31.6 Å². The average Bonchev–Trinajstić information content (AvgIpc) is 2.28. The van der Waals surface area contributed by atoms with Crippen molar-refractivity contribution in [2.75, 3.05) is 13.2 Å². The second-order valence-corrected chi connectivity index (χ2v) is 4.65. The van der Waals surface area contributed by atoms with Gasteiger partial charge in [0.25, 0.3) is 0 Å². The molecule has 1 saturated carbocycles. The lowest BCUT2D eigenvalue weighted by Gasteiger charge is -2.34. The molecule has 1 amide bonds. The molecule has 2 N–H and O–H groups in total. The van der Waals surface area contributed by atoms with Crippen molar-refractivity contribution in [2.45, 2.75) is 38.2 Å². The summed E-state index contributed by atoms with van der Waals surface area (Å²) in [5, 5.41) is 12.8. The molecule has 1 aliphatic carbocycles. The van der Waals surface area contributed by atoms with Crippen LogP contribution >= 0.6 is 0 Å². The first-order valence-corrected chi connectivity index (χ1v) is 5.80. The van der Waals surface area contributed by atoms with E-state index in [-0.39, 0.29) is 13.2 Å². The zero-order chi connectivity index (χ0) is 12.0. The summed E-state index contributed by atoms with van der Waals surface area (Å²) in [4.78, 5) is 11.2. The van der Waals surface area contributed by atoms with Gasteiger partial charge in [0.1, 0.15) is 6.61 Å². The fourth-order valence-electron chi connectivity index (χ4n) is 1.90. The summed E-state index contributed by atoms with van der Waals surface area (Å²) in [5.41, 5.74) is -0.750. The van der Waals surface area contributed by atoms with Crippen molar-refractivity contribution in [1.29, 1.82) is 0 Å². The second-order valence-electron chi connectivity index (χ2n) is 4.65. The third-order valence-electron chi connectivity index (χ3n) is 3.10. The minimum Gasteiger partial charge on any atom is -0.445 e. The number of aliphatic hydroxyl groups is 1. The van der Waals surface area contributed by atoms with Gasteiger partial charge in [-0.2, -0.15) is 0 Å². The Hall–Kier alpha value is -1.03. The molecule has 0 aromatic heterocycles. The van der Waals surface area contributed by atoms with Crippen molar-refractivity contribution in [1.82, 2.24) is 5.32 Å². The Kier molecular flexibility index (Phi) is 4.80. The van der Waals surface area contributed by atoms with Crippen LogP contribution in [0.2, 0.25) is 0 Å². The number of carbonyl (C=O) groups is 1. The number of carbonyl (C=O) groups excluding carboxylic acids is 1. The van der Waals surface area contributed by atoms with Crippen LogP contribution < -0.4 is 5.32 Å². The fourth-order valence-corrected chi connectivity index (χ4v) is 1.90. The van der Waals surface area contributed by atoms with E-state index in [9.17, 15) is 9.90 Å². The molecule has 0 aliphatic heterocycles. The van der Waals surface area contributed by atoms with Crippen molar-refractivity contribution in [2.24, 2.45) is 5.92 Å². The first-order chi connectivity index (χ1) is 7.56. The van der Waals surface area contributed by atoms with Crippen LogP contribution in [-0.4, -0.2) is 30.0 Å². The maximum Gasteiger partial charge on any atom is 0.407 e. The van der Waals surface area contributed by atoms with Gasteiger partial charge in [0.05, 0.1) is 5.60 Å². The fraction of sp³-hybridized carbons (Fsp3) is 0.750. The molecule has 1 fully saturated rings. The van der Waals surface area contributed by atoms with Crippen LogP contribution in [0.1, 0.15) is 32.6 Å². The van der Waals surface area contributed by atoms with Gasteiger partial charge in [-0.1, -0.05) is 19.6 Å². The highest BCUT2D eigenvalue weighted by Crippen LogP contribution is 2.31. The predicted molar refractivity (Wildman–Crippen MR) is 62.1 cm³/mol. The first kappa shape index (κ1) is 13.0. The lowest BCUT2D eigenvalue weighted by molar-refractivity contribution is -0.00600. The molecule has 0 bridgehead atoms. The Morgan fingerprint density at radius 1 is 1.62 bits per heavy atom. The van der Waals surface area contributed by atoms with E-state index in [1.807, 2.05) is 0 Å². The Morgan fingerprint density at radius 2 is 2.25 bits per heavy atom. The van der Waals surface area contributed by atoms with Crippen molar-refractivity contribution < 1.29 is 14.6 Å². The van der Waals surface area contributed by atoms with Crippen molar-refractivity contribution in [3.63, 3.8) is 0 Å². The largest absolute Gasteiger partial charge is 0.445 e. The highest BCUT2D eigenvalue weighted by molar-refractivity contribution is 5.67. The van der Waals surface area contributed by atoms with E-state index in [2.05, 4.69) is 18.8 Å². The summed E-state index contributed by atoms with van der Waals surface area (Å²) in [5.74, 6) is 0.674. The third kappa shape index (κ3) is 4.23. The molecule has 92 valence electrons. The first-order valence-electron chi connectivity index (χ1n) is 5.80. The lowest BCUT2D eigenvalue weighted by Crippen LogP contribution is -2.45. The molecular formula is C12H21NO3. The van der Waals surface area contributed by atoms with Crippen molar-refractivity contribution in [3.8, 4) is 0 Å². The molecule has 0 atom stereocenters. The second kappa shape index (κ2) is 5.89. The number of nitrogens with one attached hydrogen (secondary N) is 1. The van der Waals surface area contributed by atoms with Crippen molar-refractivity contribution in [3.05, 3.63) is 12.7 Å². The van der Waals surface area contributed by atoms with Crippen LogP contribution in [0.15, 0.2) is 12.7 Å². The van der Waals surface area contributed by atoms with E-state index < -0.39 is 11.7 Å². The van der Waals surface area contributed by atoms with E-state index in [1.54, 1.807) is 0 Å². The van der Waals surface area contributed by atoms with Crippen molar-refractivity contribution >= 4 is 6.09 Å². The minimum atomic E-state index is -0.750. The smallest absolute Gasteiger partial charge is 0.407 e. The molecule has 0 aromatic carbocycles. The number of alkyl carbamates (subject to hydrolysis) is 1. The van der Waals surface area contributed by atoms with E-state index >= 15 is 0 Å². The molecular weight excluding hydrogens is 206 g/mol. The van der Waals surface area contributed by atoms with Gasteiger partial charge >= 0.3 is 6.09 Å². The summed E-state index contributed by atoms with van der Waals surface area (Å²) in [6, 6.07) is 0. The number of rotatable bonds is 4. The standard InChI is InChI=1S/C12H21NO3/c1-3-8-16-11(14)13-9-12(15)6-4-10(2)5-7-12/h3,10,15H,1,4-9H2,2H3,(H,13,14). The predicted octanol–water partition coefficient (Wildman–Crippen LogP) is 1.84. The van der Waals surface area contributed by atoms with Gasteiger partial charge < -0.3 is 15.2 Å². The number of hydrogen-bond donors (Lipinski definition) is 2. The van der Waals surface area contributed by atoms with E-state index in [0.717, 1.165) is 25.7 Å². The summed E-state index contributed by atoms with van der Waals surface area (Å²) in [7, 11) is 0. The number of amides is 1. The van der Waals surface area contributed by atoms with Gasteiger partial charge in [0, 0.05) is 6.54 Å². The van der Waals surface area contributed by atoms with Crippen LogP contribution in [0.25, 0.3) is 0 Å². The molecule has 1 aliphatic rings. The Morgan fingerprint density at radius 3 is 2.81 bits per heavy atom. The average molecular weight is 227 g/mol. The van der Waals surface area contributed by atoms with Crippen LogP contribution in [0.4, 0.5) is 4.79 Å².